The smallest absolute Gasteiger partial charge is 0.343 e. The molecule has 0 saturated heterocycles. The molecule has 0 N–H and O–H groups in total. The molecule has 1 aliphatic heterocycles. The zero-order chi connectivity index (χ0) is 17.9. The minimum absolute atomic E-state index is 0.345. The van der Waals surface area contributed by atoms with E-state index < -0.39 is 0 Å². The van der Waals surface area contributed by atoms with Crippen molar-refractivity contribution in [2.45, 2.75) is 0 Å². The molecular weight excluding hydrogens is 344 g/mol. The quantitative estimate of drug-likeness (QED) is 0.424. The van der Waals surface area contributed by atoms with Gasteiger partial charge in [-0.2, -0.15) is 0 Å². The van der Waals surface area contributed by atoms with Gasteiger partial charge in [-0.15, -0.1) is 0 Å². The van der Waals surface area contributed by atoms with E-state index >= 15 is 0 Å². The zero-order valence-corrected chi connectivity index (χ0v) is 14.6. The standard InChI is InChI=1S/C23H15ClO2/c24-21-12-6-16(7-13-21)14-20-15-22(26-23(20)25)19-10-8-18(9-11-19)17-4-2-1-3-5-17/h1-15H/b20-14-. The minimum Gasteiger partial charge on any atom is -0.422 e. The Balaban J connectivity index is 1.60. The molecule has 0 bridgehead atoms. The summed E-state index contributed by atoms with van der Waals surface area (Å²) in [5.74, 6) is 0.219. The number of rotatable bonds is 3. The molecule has 0 atom stereocenters. The highest BCUT2D eigenvalue weighted by Gasteiger charge is 2.21. The van der Waals surface area contributed by atoms with Crippen LogP contribution in [-0.2, 0) is 9.53 Å². The molecule has 2 nitrogen and oxygen atoms in total. The number of ether oxygens (including phenoxy) is 1. The fraction of sp³-hybridized carbons (Fsp3) is 0. The van der Waals surface area contributed by atoms with Gasteiger partial charge < -0.3 is 4.74 Å². The van der Waals surface area contributed by atoms with Gasteiger partial charge >= 0.3 is 5.97 Å². The summed E-state index contributed by atoms with van der Waals surface area (Å²) in [6.45, 7) is 0. The lowest BCUT2D eigenvalue weighted by molar-refractivity contribution is -0.130. The highest BCUT2D eigenvalue weighted by molar-refractivity contribution is 6.30. The van der Waals surface area contributed by atoms with Crippen LogP contribution in [0.3, 0.4) is 0 Å². The average Bonchev–Trinajstić information content (AvgIpc) is 3.05. The summed E-state index contributed by atoms with van der Waals surface area (Å²) in [5, 5.41) is 0.663. The first-order chi connectivity index (χ1) is 12.7. The summed E-state index contributed by atoms with van der Waals surface area (Å²) in [6, 6.07) is 25.5. The predicted octanol–water partition coefficient (Wildman–Crippen LogP) is 5.99. The van der Waals surface area contributed by atoms with E-state index in [0.717, 1.165) is 22.3 Å². The van der Waals surface area contributed by atoms with E-state index in [1.807, 2.05) is 54.6 Å². The maximum atomic E-state index is 12.1. The van der Waals surface area contributed by atoms with Gasteiger partial charge in [-0.1, -0.05) is 78.3 Å². The van der Waals surface area contributed by atoms with Crippen LogP contribution in [0.15, 0.2) is 90.5 Å². The van der Waals surface area contributed by atoms with Crippen molar-refractivity contribution in [3.8, 4) is 11.1 Å². The van der Waals surface area contributed by atoms with Crippen molar-refractivity contribution >= 4 is 29.4 Å². The second-order valence-corrected chi connectivity index (χ2v) is 6.43. The van der Waals surface area contributed by atoms with Gasteiger partial charge in [0.15, 0.2) is 0 Å². The van der Waals surface area contributed by atoms with Crippen LogP contribution in [0, 0.1) is 0 Å². The molecule has 0 unspecified atom stereocenters. The Kier molecular flexibility index (Phi) is 4.42. The normalized spacial score (nSPS) is 15.0. The average molecular weight is 359 g/mol. The predicted molar refractivity (Wildman–Crippen MR) is 105 cm³/mol. The van der Waals surface area contributed by atoms with Crippen LogP contribution in [0.4, 0.5) is 0 Å². The van der Waals surface area contributed by atoms with Gasteiger partial charge in [-0.25, -0.2) is 4.79 Å². The second kappa shape index (κ2) is 7.03. The molecule has 1 heterocycles. The molecule has 126 valence electrons. The number of esters is 1. The van der Waals surface area contributed by atoms with E-state index in [1.165, 1.54) is 0 Å². The van der Waals surface area contributed by atoms with Crippen LogP contribution in [-0.4, -0.2) is 5.97 Å². The summed E-state index contributed by atoms with van der Waals surface area (Å²) >= 11 is 5.89. The molecule has 3 aromatic rings. The lowest BCUT2D eigenvalue weighted by Gasteiger charge is -2.04. The molecule has 1 aliphatic rings. The van der Waals surface area contributed by atoms with Crippen LogP contribution in [0.1, 0.15) is 11.1 Å². The molecule has 3 aromatic carbocycles. The molecule has 0 aliphatic carbocycles. The number of carbonyl (C=O) groups excluding carboxylic acids is 1. The van der Waals surface area contributed by atoms with Crippen molar-refractivity contribution in [3.05, 3.63) is 107 Å². The second-order valence-electron chi connectivity index (χ2n) is 5.99. The summed E-state index contributed by atoms with van der Waals surface area (Å²) in [7, 11) is 0. The number of cyclic esters (lactones) is 1. The van der Waals surface area contributed by atoms with Crippen molar-refractivity contribution < 1.29 is 9.53 Å². The number of halogens is 1. The van der Waals surface area contributed by atoms with Crippen LogP contribution >= 0.6 is 11.6 Å². The number of carbonyl (C=O) groups is 1. The van der Waals surface area contributed by atoms with Crippen molar-refractivity contribution in [1.82, 2.24) is 0 Å². The Morgan fingerprint density at radius 1 is 0.731 bits per heavy atom. The first-order valence-electron chi connectivity index (χ1n) is 8.26. The third-order valence-corrected chi connectivity index (χ3v) is 4.45. The van der Waals surface area contributed by atoms with Crippen LogP contribution in [0.5, 0.6) is 0 Å². The molecule has 0 radical (unpaired) electrons. The van der Waals surface area contributed by atoms with Gasteiger partial charge in [-0.05, 0) is 41.0 Å². The molecule has 0 saturated carbocycles. The topological polar surface area (TPSA) is 26.3 Å². The third-order valence-electron chi connectivity index (χ3n) is 4.19. The van der Waals surface area contributed by atoms with E-state index in [1.54, 1.807) is 24.3 Å². The number of benzene rings is 3. The van der Waals surface area contributed by atoms with Crippen molar-refractivity contribution in [2.75, 3.05) is 0 Å². The minimum atomic E-state index is -0.345. The Bertz CT molecular complexity index is 998. The van der Waals surface area contributed by atoms with Crippen LogP contribution in [0.2, 0.25) is 5.02 Å². The first kappa shape index (κ1) is 16.4. The largest absolute Gasteiger partial charge is 0.422 e. The molecule has 0 spiro atoms. The van der Waals surface area contributed by atoms with Gasteiger partial charge in [0.05, 0.1) is 5.57 Å². The Labute approximate surface area is 157 Å². The van der Waals surface area contributed by atoms with Gasteiger partial charge in [0, 0.05) is 10.6 Å². The Morgan fingerprint density at radius 3 is 2.04 bits per heavy atom. The van der Waals surface area contributed by atoms with E-state index in [2.05, 4.69) is 12.1 Å². The first-order valence-corrected chi connectivity index (χ1v) is 8.64. The highest BCUT2D eigenvalue weighted by atomic mass is 35.5. The summed E-state index contributed by atoms with van der Waals surface area (Å²) < 4.78 is 5.43. The summed E-state index contributed by atoms with van der Waals surface area (Å²) in [6.07, 6.45) is 3.57. The van der Waals surface area contributed by atoms with E-state index in [9.17, 15) is 4.79 Å². The molecule has 0 fully saturated rings. The SMILES string of the molecule is O=C1OC(c2ccc(-c3ccccc3)cc2)=C/C1=C/c1ccc(Cl)cc1. The van der Waals surface area contributed by atoms with E-state index in [4.69, 9.17) is 16.3 Å². The van der Waals surface area contributed by atoms with Crippen molar-refractivity contribution in [3.63, 3.8) is 0 Å². The van der Waals surface area contributed by atoms with Gasteiger partial charge in [0.1, 0.15) is 5.76 Å². The van der Waals surface area contributed by atoms with Crippen LogP contribution in [0.25, 0.3) is 23.0 Å². The van der Waals surface area contributed by atoms with Gasteiger partial charge in [0.25, 0.3) is 0 Å². The lowest BCUT2D eigenvalue weighted by atomic mass is 10.0. The summed E-state index contributed by atoms with van der Waals surface area (Å²) in [4.78, 5) is 12.1. The monoisotopic (exact) mass is 358 g/mol. The zero-order valence-electron chi connectivity index (χ0n) is 13.9. The fourth-order valence-electron chi connectivity index (χ4n) is 2.83. The van der Waals surface area contributed by atoms with Gasteiger partial charge in [0.2, 0.25) is 0 Å². The molecule has 4 rings (SSSR count). The van der Waals surface area contributed by atoms with E-state index in [-0.39, 0.29) is 5.97 Å². The maximum Gasteiger partial charge on any atom is 0.343 e. The van der Waals surface area contributed by atoms with Gasteiger partial charge in [-0.3, -0.25) is 0 Å². The molecule has 26 heavy (non-hydrogen) atoms. The Morgan fingerprint density at radius 2 is 1.35 bits per heavy atom. The van der Waals surface area contributed by atoms with E-state index in [0.29, 0.717) is 16.4 Å². The highest BCUT2D eigenvalue weighted by Crippen LogP contribution is 2.29. The third kappa shape index (κ3) is 3.46. The Hall–Kier alpha value is -3.10. The molecular formula is C23H15ClO2. The molecule has 0 amide bonds. The fourth-order valence-corrected chi connectivity index (χ4v) is 2.95. The van der Waals surface area contributed by atoms with Crippen molar-refractivity contribution in [1.29, 1.82) is 0 Å². The molecule has 0 aromatic heterocycles. The number of hydrogen-bond donors (Lipinski definition) is 0. The number of hydrogen-bond acceptors (Lipinski definition) is 2. The lowest BCUT2D eigenvalue weighted by Crippen LogP contribution is -1.97. The summed E-state index contributed by atoms with van der Waals surface area (Å²) in [5.41, 5.74) is 4.57. The van der Waals surface area contributed by atoms with Crippen molar-refractivity contribution in [2.24, 2.45) is 0 Å². The molecule has 3 heteroatoms. The van der Waals surface area contributed by atoms with Crippen LogP contribution < -0.4 is 0 Å². The maximum absolute atomic E-state index is 12.1.